The van der Waals surface area contributed by atoms with Crippen molar-refractivity contribution in [3.8, 4) is 39.1 Å². The Balaban J connectivity index is 1.11. The van der Waals surface area contributed by atoms with Crippen molar-refractivity contribution in [2.24, 2.45) is 5.92 Å². The number of para-hydroxylation sites is 2. The maximum Gasteiger partial charge on any atom is 0.0546 e. The van der Waals surface area contributed by atoms with E-state index in [4.69, 9.17) is 0 Å². The largest absolute Gasteiger partial charge is 0.310 e. The molecule has 4 aliphatic rings. The molecule has 0 amide bonds. The summed E-state index contributed by atoms with van der Waals surface area (Å²) < 4.78 is 2.46. The molecular weight excluding hydrogens is 677 g/mol. The molecule has 0 aliphatic heterocycles. The van der Waals surface area contributed by atoms with Crippen LogP contribution in [0.4, 0.5) is 11.4 Å². The fourth-order valence-corrected chi connectivity index (χ4v) is 10.0. The van der Waals surface area contributed by atoms with Crippen LogP contribution in [0.15, 0.2) is 193 Å². The Labute approximate surface area is 327 Å². The minimum Gasteiger partial charge on any atom is -0.310 e. The van der Waals surface area contributed by atoms with Crippen LogP contribution in [0.2, 0.25) is 0 Å². The number of benzene rings is 7. The molecule has 56 heavy (non-hydrogen) atoms. The highest BCUT2D eigenvalue weighted by Gasteiger charge is 2.31. The average Bonchev–Trinajstić information content (AvgIpc) is 3.78. The Morgan fingerprint density at radius 1 is 0.625 bits per heavy atom. The summed E-state index contributed by atoms with van der Waals surface area (Å²) in [6.45, 7) is 0. The van der Waals surface area contributed by atoms with Crippen molar-refractivity contribution in [1.82, 2.24) is 4.57 Å². The van der Waals surface area contributed by atoms with Crippen LogP contribution in [0.5, 0.6) is 0 Å². The lowest BCUT2D eigenvalue weighted by atomic mass is 9.86. The SMILES string of the molecule is C1=CC2=CC(N(c3ccc4c(c3)c3ccccc3n4-c3ccccc3-c3ccccc3)c3cccc4c3-c3cccc5cc6c(c-4c35)CCC=C6)=CCC2C=C1. The van der Waals surface area contributed by atoms with E-state index >= 15 is 0 Å². The maximum absolute atomic E-state index is 2.55. The predicted octanol–water partition coefficient (Wildman–Crippen LogP) is 14.3. The zero-order valence-electron chi connectivity index (χ0n) is 31.0. The summed E-state index contributed by atoms with van der Waals surface area (Å²) in [5.74, 6) is 0.412. The second-order valence-electron chi connectivity index (χ2n) is 15.5. The number of nitrogens with zero attached hydrogens (tertiary/aromatic N) is 2. The van der Waals surface area contributed by atoms with E-state index in [1.165, 1.54) is 99.7 Å². The Hall–Kier alpha value is -6.90. The number of allylic oxidation sites excluding steroid dienone is 8. The second kappa shape index (κ2) is 12.3. The summed E-state index contributed by atoms with van der Waals surface area (Å²) >= 11 is 0. The van der Waals surface area contributed by atoms with Gasteiger partial charge >= 0.3 is 0 Å². The third kappa shape index (κ3) is 4.63. The summed E-state index contributed by atoms with van der Waals surface area (Å²) in [6.07, 6.45) is 21.7. The molecule has 0 saturated carbocycles. The minimum absolute atomic E-state index is 0.412. The van der Waals surface area contributed by atoms with Gasteiger partial charge in [-0.2, -0.15) is 0 Å². The lowest BCUT2D eigenvalue weighted by Crippen LogP contribution is -2.20. The first-order chi connectivity index (χ1) is 27.8. The van der Waals surface area contributed by atoms with Crippen molar-refractivity contribution in [2.45, 2.75) is 19.3 Å². The molecule has 264 valence electrons. The van der Waals surface area contributed by atoms with Crippen LogP contribution in [0.3, 0.4) is 0 Å². The first-order valence-corrected chi connectivity index (χ1v) is 19.9. The number of anilines is 2. The van der Waals surface area contributed by atoms with E-state index in [-0.39, 0.29) is 0 Å². The molecule has 4 aliphatic carbocycles. The van der Waals surface area contributed by atoms with Gasteiger partial charge < -0.3 is 9.47 Å². The molecule has 7 aromatic carbocycles. The van der Waals surface area contributed by atoms with Crippen LogP contribution >= 0.6 is 0 Å². The molecule has 0 bridgehead atoms. The molecule has 2 heteroatoms. The Bertz CT molecular complexity index is 3110. The van der Waals surface area contributed by atoms with E-state index in [1.54, 1.807) is 0 Å². The Kier molecular flexibility index (Phi) is 6.91. The highest BCUT2D eigenvalue weighted by Crippen LogP contribution is 2.55. The van der Waals surface area contributed by atoms with Crippen LogP contribution in [0.1, 0.15) is 24.0 Å². The fourth-order valence-electron chi connectivity index (χ4n) is 10.0. The smallest absolute Gasteiger partial charge is 0.0546 e. The van der Waals surface area contributed by atoms with Crippen LogP contribution in [0, 0.1) is 5.92 Å². The predicted molar refractivity (Wildman–Crippen MR) is 237 cm³/mol. The van der Waals surface area contributed by atoms with Crippen molar-refractivity contribution >= 4 is 50.0 Å². The lowest BCUT2D eigenvalue weighted by molar-refractivity contribution is 0.768. The van der Waals surface area contributed by atoms with Crippen molar-refractivity contribution in [1.29, 1.82) is 0 Å². The van der Waals surface area contributed by atoms with E-state index in [9.17, 15) is 0 Å². The van der Waals surface area contributed by atoms with Crippen molar-refractivity contribution in [2.75, 3.05) is 4.90 Å². The molecule has 0 radical (unpaired) electrons. The van der Waals surface area contributed by atoms with Gasteiger partial charge in [0.15, 0.2) is 0 Å². The number of aromatic nitrogens is 1. The normalized spacial score (nSPS) is 16.2. The molecule has 0 spiro atoms. The lowest BCUT2D eigenvalue weighted by Gasteiger charge is -2.32. The molecule has 2 nitrogen and oxygen atoms in total. The summed E-state index contributed by atoms with van der Waals surface area (Å²) in [5, 5.41) is 5.21. The van der Waals surface area contributed by atoms with Gasteiger partial charge in [-0.05, 0) is 118 Å². The van der Waals surface area contributed by atoms with E-state index in [0.29, 0.717) is 5.92 Å². The molecule has 1 atom stereocenters. The molecule has 8 aromatic rings. The highest BCUT2D eigenvalue weighted by molar-refractivity contribution is 6.20. The second-order valence-corrected chi connectivity index (χ2v) is 15.5. The molecule has 1 unspecified atom stereocenters. The molecule has 0 fully saturated rings. The number of fused-ring (bicyclic) bond motifs is 9. The van der Waals surface area contributed by atoms with Gasteiger partial charge in [0.2, 0.25) is 0 Å². The first-order valence-electron chi connectivity index (χ1n) is 19.9. The van der Waals surface area contributed by atoms with E-state index in [2.05, 4.69) is 198 Å². The van der Waals surface area contributed by atoms with E-state index in [0.717, 1.165) is 24.9 Å². The number of hydrogen-bond acceptors (Lipinski definition) is 1. The first kappa shape index (κ1) is 31.5. The van der Waals surface area contributed by atoms with Gasteiger partial charge in [0.05, 0.1) is 22.4 Å². The van der Waals surface area contributed by atoms with Gasteiger partial charge in [0, 0.05) is 39.2 Å². The minimum atomic E-state index is 0.412. The van der Waals surface area contributed by atoms with Gasteiger partial charge in [-0.3, -0.25) is 0 Å². The van der Waals surface area contributed by atoms with Gasteiger partial charge in [0.1, 0.15) is 0 Å². The van der Waals surface area contributed by atoms with Crippen molar-refractivity contribution in [3.63, 3.8) is 0 Å². The molecule has 1 aromatic heterocycles. The molecule has 0 N–H and O–H groups in total. The fraction of sp³-hybridized carbons (Fsp3) is 0.0741. The zero-order valence-corrected chi connectivity index (χ0v) is 31.0. The monoisotopic (exact) mass is 714 g/mol. The summed E-state index contributed by atoms with van der Waals surface area (Å²) in [7, 11) is 0. The maximum atomic E-state index is 2.55. The Morgan fingerprint density at radius 2 is 1.45 bits per heavy atom. The Morgan fingerprint density at radius 3 is 2.41 bits per heavy atom. The van der Waals surface area contributed by atoms with Gasteiger partial charge in [-0.1, -0.05) is 140 Å². The van der Waals surface area contributed by atoms with Crippen LogP contribution in [-0.4, -0.2) is 4.57 Å². The van der Waals surface area contributed by atoms with Crippen molar-refractivity contribution in [3.05, 3.63) is 204 Å². The average molecular weight is 715 g/mol. The van der Waals surface area contributed by atoms with Crippen LogP contribution in [0.25, 0.3) is 77.7 Å². The third-order valence-corrected chi connectivity index (χ3v) is 12.5. The third-order valence-electron chi connectivity index (χ3n) is 12.5. The molecule has 1 heterocycles. The van der Waals surface area contributed by atoms with E-state index in [1.807, 2.05) is 0 Å². The van der Waals surface area contributed by atoms with E-state index < -0.39 is 0 Å². The van der Waals surface area contributed by atoms with Gasteiger partial charge in [0.25, 0.3) is 0 Å². The van der Waals surface area contributed by atoms with Gasteiger partial charge in [-0.25, -0.2) is 0 Å². The number of rotatable bonds is 5. The summed E-state index contributed by atoms with van der Waals surface area (Å²) in [4.78, 5) is 2.55. The summed E-state index contributed by atoms with van der Waals surface area (Å²) in [6, 6.07) is 51.9. The number of hydrogen-bond donors (Lipinski definition) is 0. The molecular formula is C54H38N2. The highest BCUT2D eigenvalue weighted by atomic mass is 15.2. The standard InChI is InChI=1S/C54H38N2/c1-2-15-36(16-3-1)42-20-8-10-25-48(42)56-49-26-11-9-22-44(49)47-34-41(30-31-50(47)56)55(40-29-28-35-14-4-5-17-37(35)33-40)51-27-13-24-46-53(51)45-23-12-19-39-32-38-18-6-7-21-43(38)54(46)52(39)45/h1-6,8-20,22-27,29-35H,7,21,28H2. The molecule has 0 saturated heterocycles. The van der Waals surface area contributed by atoms with Crippen molar-refractivity contribution < 1.29 is 0 Å². The van der Waals surface area contributed by atoms with Gasteiger partial charge in [-0.15, -0.1) is 0 Å². The summed E-state index contributed by atoms with van der Waals surface area (Å²) in [5.41, 5.74) is 19.3. The topological polar surface area (TPSA) is 8.17 Å². The van der Waals surface area contributed by atoms with Crippen LogP contribution in [-0.2, 0) is 6.42 Å². The molecule has 12 rings (SSSR count). The quantitative estimate of drug-likeness (QED) is 0.172. The van der Waals surface area contributed by atoms with Crippen LogP contribution < -0.4 is 4.90 Å². The zero-order chi connectivity index (χ0) is 36.7.